The summed E-state index contributed by atoms with van der Waals surface area (Å²) >= 11 is 0. The van der Waals surface area contributed by atoms with Gasteiger partial charge in [0.1, 0.15) is 11.0 Å². The van der Waals surface area contributed by atoms with E-state index in [2.05, 4.69) is 14.9 Å². The highest BCUT2D eigenvalue weighted by Gasteiger charge is 2.07. The standard InChI is InChI=1S/C14H11N3O2/c1-19-14(18)10-6-8-11(9-7-10)17-15-12-4-2-3-5-13(12)16-17/h2-9H,1H3. The van der Waals surface area contributed by atoms with Gasteiger partial charge in [-0.05, 0) is 36.4 Å². The minimum absolute atomic E-state index is 0.356. The first-order valence-corrected chi connectivity index (χ1v) is 5.79. The fourth-order valence-electron chi connectivity index (χ4n) is 1.82. The van der Waals surface area contributed by atoms with Gasteiger partial charge >= 0.3 is 5.97 Å². The molecule has 0 fully saturated rings. The number of carbonyl (C=O) groups excluding carboxylic acids is 1. The van der Waals surface area contributed by atoms with Gasteiger partial charge in [-0.15, -0.1) is 10.2 Å². The number of nitrogens with zero attached hydrogens (tertiary/aromatic N) is 3. The quantitative estimate of drug-likeness (QED) is 0.657. The topological polar surface area (TPSA) is 57.0 Å². The maximum absolute atomic E-state index is 11.3. The normalized spacial score (nSPS) is 10.6. The largest absolute Gasteiger partial charge is 0.465 e. The average molecular weight is 253 g/mol. The van der Waals surface area contributed by atoms with Crippen molar-refractivity contribution in [2.45, 2.75) is 0 Å². The van der Waals surface area contributed by atoms with Gasteiger partial charge in [0.05, 0.1) is 18.4 Å². The van der Waals surface area contributed by atoms with Crippen molar-refractivity contribution in [1.29, 1.82) is 0 Å². The molecule has 19 heavy (non-hydrogen) atoms. The van der Waals surface area contributed by atoms with Gasteiger partial charge in [-0.3, -0.25) is 0 Å². The van der Waals surface area contributed by atoms with E-state index in [9.17, 15) is 4.79 Å². The molecular formula is C14H11N3O2. The van der Waals surface area contributed by atoms with Crippen LogP contribution in [0.5, 0.6) is 0 Å². The number of hydrogen-bond acceptors (Lipinski definition) is 4. The Hall–Kier alpha value is -2.69. The second kappa shape index (κ2) is 4.53. The van der Waals surface area contributed by atoms with Crippen molar-refractivity contribution in [2.75, 3.05) is 7.11 Å². The van der Waals surface area contributed by atoms with Gasteiger partial charge < -0.3 is 4.74 Å². The van der Waals surface area contributed by atoms with Gasteiger partial charge in [-0.2, -0.15) is 4.80 Å². The Morgan fingerprint density at radius 1 is 1.00 bits per heavy atom. The molecule has 0 aliphatic carbocycles. The number of ether oxygens (including phenoxy) is 1. The Kier molecular flexibility index (Phi) is 2.72. The number of carbonyl (C=O) groups is 1. The summed E-state index contributed by atoms with van der Waals surface area (Å²) < 4.78 is 4.65. The molecule has 5 heteroatoms. The fourth-order valence-corrected chi connectivity index (χ4v) is 1.82. The van der Waals surface area contributed by atoms with E-state index < -0.39 is 0 Å². The summed E-state index contributed by atoms with van der Waals surface area (Å²) in [4.78, 5) is 12.9. The third kappa shape index (κ3) is 2.06. The summed E-state index contributed by atoms with van der Waals surface area (Å²) in [6.45, 7) is 0. The number of hydrogen-bond donors (Lipinski definition) is 0. The predicted molar refractivity (Wildman–Crippen MR) is 70.2 cm³/mol. The number of fused-ring (bicyclic) bond motifs is 1. The molecule has 5 nitrogen and oxygen atoms in total. The molecule has 0 saturated heterocycles. The van der Waals surface area contributed by atoms with Crippen LogP contribution < -0.4 is 0 Å². The van der Waals surface area contributed by atoms with E-state index in [1.165, 1.54) is 7.11 Å². The Balaban J connectivity index is 1.99. The second-order valence-electron chi connectivity index (χ2n) is 4.02. The van der Waals surface area contributed by atoms with Crippen LogP contribution in [-0.2, 0) is 4.74 Å². The van der Waals surface area contributed by atoms with Crippen molar-refractivity contribution in [3.63, 3.8) is 0 Å². The Morgan fingerprint density at radius 2 is 1.58 bits per heavy atom. The first kappa shape index (κ1) is 11.4. The third-order valence-corrected chi connectivity index (χ3v) is 2.81. The number of rotatable bonds is 2. The lowest BCUT2D eigenvalue weighted by Crippen LogP contribution is -2.03. The van der Waals surface area contributed by atoms with E-state index in [4.69, 9.17) is 0 Å². The molecule has 2 aromatic carbocycles. The molecular weight excluding hydrogens is 242 g/mol. The molecule has 3 rings (SSSR count). The Bertz CT molecular complexity index is 699. The molecule has 0 unspecified atom stereocenters. The van der Waals surface area contributed by atoms with Gasteiger partial charge in [0.2, 0.25) is 0 Å². The maximum atomic E-state index is 11.3. The molecule has 0 radical (unpaired) electrons. The van der Waals surface area contributed by atoms with E-state index in [0.29, 0.717) is 5.56 Å². The van der Waals surface area contributed by atoms with Crippen molar-refractivity contribution in [1.82, 2.24) is 15.0 Å². The summed E-state index contributed by atoms with van der Waals surface area (Å²) in [6, 6.07) is 14.6. The van der Waals surface area contributed by atoms with Crippen molar-refractivity contribution >= 4 is 17.0 Å². The zero-order chi connectivity index (χ0) is 13.2. The molecule has 0 saturated carbocycles. The zero-order valence-electron chi connectivity index (χ0n) is 10.3. The van der Waals surface area contributed by atoms with Crippen LogP contribution in [0.15, 0.2) is 48.5 Å². The van der Waals surface area contributed by atoms with Crippen molar-refractivity contribution < 1.29 is 9.53 Å². The Labute approximate surface area is 109 Å². The van der Waals surface area contributed by atoms with Crippen LogP contribution in [0.1, 0.15) is 10.4 Å². The molecule has 0 aliphatic rings. The lowest BCUT2D eigenvalue weighted by molar-refractivity contribution is 0.0601. The highest BCUT2D eigenvalue weighted by atomic mass is 16.5. The third-order valence-electron chi connectivity index (χ3n) is 2.81. The molecule has 3 aromatic rings. The fraction of sp³-hybridized carbons (Fsp3) is 0.0714. The average Bonchev–Trinajstić information content (AvgIpc) is 2.90. The molecule has 94 valence electrons. The minimum atomic E-state index is -0.356. The molecule has 1 heterocycles. The van der Waals surface area contributed by atoms with Crippen LogP contribution in [-0.4, -0.2) is 28.1 Å². The summed E-state index contributed by atoms with van der Waals surface area (Å²) in [5.41, 5.74) is 2.96. The van der Waals surface area contributed by atoms with Crippen molar-refractivity contribution in [3.8, 4) is 5.69 Å². The first-order chi connectivity index (χ1) is 9.28. The highest BCUT2D eigenvalue weighted by Crippen LogP contribution is 2.13. The van der Waals surface area contributed by atoms with E-state index in [0.717, 1.165) is 16.7 Å². The number of aromatic nitrogens is 3. The maximum Gasteiger partial charge on any atom is 0.337 e. The van der Waals surface area contributed by atoms with Crippen LogP contribution >= 0.6 is 0 Å². The summed E-state index contributed by atoms with van der Waals surface area (Å²) in [5.74, 6) is -0.356. The molecule has 1 aromatic heterocycles. The van der Waals surface area contributed by atoms with Crippen molar-refractivity contribution in [3.05, 3.63) is 54.1 Å². The lowest BCUT2D eigenvalue weighted by Gasteiger charge is -2.01. The van der Waals surface area contributed by atoms with E-state index in [-0.39, 0.29) is 5.97 Å². The minimum Gasteiger partial charge on any atom is -0.465 e. The smallest absolute Gasteiger partial charge is 0.337 e. The van der Waals surface area contributed by atoms with Crippen LogP contribution in [0.25, 0.3) is 16.7 Å². The van der Waals surface area contributed by atoms with E-state index in [1.54, 1.807) is 29.1 Å². The molecule has 0 atom stereocenters. The van der Waals surface area contributed by atoms with Crippen molar-refractivity contribution in [2.24, 2.45) is 0 Å². The molecule has 0 N–H and O–H groups in total. The van der Waals surface area contributed by atoms with E-state index in [1.807, 2.05) is 24.3 Å². The first-order valence-electron chi connectivity index (χ1n) is 5.79. The van der Waals surface area contributed by atoms with Crippen LogP contribution in [0.4, 0.5) is 0 Å². The lowest BCUT2D eigenvalue weighted by atomic mass is 10.2. The summed E-state index contributed by atoms with van der Waals surface area (Å²) in [5, 5.41) is 8.73. The van der Waals surface area contributed by atoms with Gasteiger partial charge in [0, 0.05) is 0 Å². The van der Waals surface area contributed by atoms with Gasteiger partial charge in [0.25, 0.3) is 0 Å². The number of benzene rings is 2. The summed E-state index contributed by atoms with van der Waals surface area (Å²) in [7, 11) is 1.36. The number of esters is 1. The van der Waals surface area contributed by atoms with Gasteiger partial charge in [0.15, 0.2) is 0 Å². The predicted octanol–water partition coefficient (Wildman–Crippen LogP) is 2.21. The zero-order valence-corrected chi connectivity index (χ0v) is 10.3. The molecule has 0 bridgehead atoms. The van der Waals surface area contributed by atoms with Crippen LogP contribution in [0, 0.1) is 0 Å². The molecule has 0 amide bonds. The molecule has 0 spiro atoms. The number of methoxy groups -OCH3 is 1. The highest BCUT2D eigenvalue weighted by molar-refractivity contribution is 5.89. The Morgan fingerprint density at radius 3 is 2.11 bits per heavy atom. The monoisotopic (exact) mass is 253 g/mol. The van der Waals surface area contributed by atoms with Gasteiger partial charge in [-0.1, -0.05) is 12.1 Å². The van der Waals surface area contributed by atoms with E-state index >= 15 is 0 Å². The SMILES string of the molecule is COC(=O)c1ccc(-n2nc3ccccc3n2)cc1. The molecule has 0 aliphatic heterocycles. The van der Waals surface area contributed by atoms with Gasteiger partial charge in [-0.25, -0.2) is 4.79 Å². The van der Waals surface area contributed by atoms with Crippen LogP contribution in [0.2, 0.25) is 0 Å². The van der Waals surface area contributed by atoms with Crippen LogP contribution in [0.3, 0.4) is 0 Å². The summed E-state index contributed by atoms with van der Waals surface area (Å²) in [6.07, 6.45) is 0. The second-order valence-corrected chi connectivity index (χ2v) is 4.02.